The van der Waals surface area contributed by atoms with E-state index in [4.69, 9.17) is 16.3 Å². The Morgan fingerprint density at radius 1 is 1.12 bits per heavy atom. The van der Waals surface area contributed by atoms with E-state index in [1.54, 1.807) is 6.07 Å². The smallest absolute Gasteiger partial charge is 0.264 e. The van der Waals surface area contributed by atoms with Gasteiger partial charge in [0.15, 0.2) is 11.6 Å². The van der Waals surface area contributed by atoms with E-state index in [0.29, 0.717) is 29.5 Å². The average molecular weight is 499 g/mol. The van der Waals surface area contributed by atoms with E-state index in [9.17, 15) is 9.18 Å². The summed E-state index contributed by atoms with van der Waals surface area (Å²) in [6.45, 7) is 5.34. The zero-order valence-electron chi connectivity index (χ0n) is 18.9. The molecule has 3 heterocycles. The van der Waals surface area contributed by atoms with Crippen molar-refractivity contribution in [2.75, 3.05) is 33.3 Å². The van der Waals surface area contributed by atoms with Crippen molar-refractivity contribution in [1.82, 2.24) is 19.6 Å². The number of rotatable bonds is 5. The first-order valence-electron chi connectivity index (χ1n) is 11.0. The molecule has 2 aromatic heterocycles. The van der Waals surface area contributed by atoms with Gasteiger partial charge < -0.3 is 9.64 Å². The third kappa shape index (κ3) is 4.41. The van der Waals surface area contributed by atoms with Crippen molar-refractivity contribution < 1.29 is 13.9 Å². The Kier molecular flexibility index (Phi) is 6.29. The zero-order chi connectivity index (χ0) is 23.8. The molecule has 34 heavy (non-hydrogen) atoms. The number of fused-ring (bicyclic) bond motifs is 1. The number of amides is 1. The lowest BCUT2D eigenvalue weighted by Gasteiger charge is -2.34. The number of hydrogen-bond donors (Lipinski definition) is 0. The van der Waals surface area contributed by atoms with Crippen LogP contribution in [0.2, 0.25) is 5.02 Å². The fraction of sp³-hybridized carbons (Fsp3) is 0.280. The van der Waals surface area contributed by atoms with Gasteiger partial charge in [0.05, 0.1) is 23.4 Å². The minimum absolute atomic E-state index is 0.0402. The van der Waals surface area contributed by atoms with Crippen LogP contribution in [0.5, 0.6) is 5.75 Å². The first-order chi connectivity index (χ1) is 16.4. The molecule has 0 saturated carbocycles. The number of thiophene rings is 1. The van der Waals surface area contributed by atoms with Crippen LogP contribution in [0.3, 0.4) is 0 Å². The lowest BCUT2D eigenvalue weighted by atomic mass is 10.1. The summed E-state index contributed by atoms with van der Waals surface area (Å²) in [5, 5.41) is 6.31. The number of aromatic nitrogens is 2. The summed E-state index contributed by atoms with van der Waals surface area (Å²) in [5.74, 6) is -0.0682. The van der Waals surface area contributed by atoms with Gasteiger partial charge in [0.25, 0.3) is 5.91 Å². The van der Waals surface area contributed by atoms with Gasteiger partial charge in [0, 0.05) is 43.1 Å². The Bertz CT molecular complexity index is 1340. The van der Waals surface area contributed by atoms with Gasteiger partial charge in [0.2, 0.25) is 0 Å². The molecule has 0 atom stereocenters. The van der Waals surface area contributed by atoms with Crippen molar-refractivity contribution in [1.29, 1.82) is 0 Å². The molecule has 0 N–H and O–H groups in total. The molecule has 0 radical (unpaired) electrons. The summed E-state index contributed by atoms with van der Waals surface area (Å²) in [5.41, 5.74) is 2.69. The number of carbonyl (C=O) groups is 1. The van der Waals surface area contributed by atoms with E-state index in [-0.39, 0.29) is 17.5 Å². The predicted octanol–water partition coefficient (Wildman–Crippen LogP) is 5.15. The quantitative estimate of drug-likeness (QED) is 0.381. The molecule has 0 aliphatic carbocycles. The molecule has 1 aliphatic rings. The van der Waals surface area contributed by atoms with Crippen LogP contribution in [0.15, 0.2) is 48.5 Å². The molecule has 4 aromatic rings. The maximum absolute atomic E-state index is 14.0. The van der Waals surface area contributed by atoms with Crippen LogP contribution >= 0.6 is 22.9 Å². The fourth-order valence-electron chi connectivity index (χ4n) is 4.24. The minimum Gasteiger partial charge on any atom is -0.494 e. The monoisotopic (exact) mass is 498 g/mol. The Morgan fingerprint density at radius 2 is 1.85 bits per heavy atom. The van der Waals surface area contributed by atoms with E-state index < -0.39 is 0 Å². The highest BCUT2D eigenvalue weighted by atomic mass is 35.5. The van der Waals surface area contributed by atoms with E-state index in [2.05, 4.69) is 10.00 Å². The van der Waals surface area contributed by atoms with Crippen molar-refractivity contribution in [2.45, 2.75) is 13.5 Å². The van der Waals surface area contributed by atoms with Gasteiger partial charge in [-0.05, 0) is 55.0 Å². The van der Waals surface area contributed by atoms with Gasteiger partial charge >= 0.3 is 0 Å². The summed E-state index contributed by atoms with van der Waals surface area (Å²) in [6, 6.07) is 14.5. The highest BCUT2D eigenvalue weighted by molar-refractivity contribution is 7.20. The van der Waals surface area contributed by atoms with Crippen molar-refractivity contribution in [3.8, 4) is 11.4 Å². The number of aryl methyl sites for hydroxylation is 1. The van der Waals surface area contributed by atoms with Gasteiger partial charge in [-0.25, -0.2) is 9.07 Å². The van der Waals surface area contributed by atoms with Crippen LogP contribution in [-0.4, -0.2) is 58.8 Å². The molecular weight excluding hydrogens is 475 g/mol. The third-order valence-corrected chi connectivity index (χ3v) is 7.46. The highest BCUT2D eigenvalue weighted by Crippen LogP contribution is 2.31. The van der Waals surface area contributed by atoms with E-state index in [1.165, 1.54) is 24.5 Å². The molecule has 1 aliphatic heterocycles. The molecule has 0 bridgehead atoms. The maximum atomic E-state index is 14.0. The van der Waals surface area contributed by atoms with Gasteiger partial charge in [-0.3, -0.25) is 9.69 Å². The Labute approximate surface area is 206 Å². The zero-order valence-corrected chi connectivity index (χ0v) is 20.5. The molecule has 0 spiro atoms. The summed E-state index contributed by atoms with van der Waals surface area (Å²) < 4.78 is 20.9. The van der Waals surface area contributed by atoms with Crippen molar-refractivity contribution in [2.24, 2.45) is 0 Å². The molecule has 176 valence electrons. The number of halogens is 2. The Hall–Kier alpha value is -2.94. The van der Waals surface area contributed by atoms with Gasteiger partial charge in [0.1, 0.15) is 4.83 Å². The number of carbonyl (C=O) groups excluding carboxylic acids is 1. The molecule has 5 rings (SSSR count). The van der Waals surface area contributed by atoms with E-state index >= 15 is 0 Å². The van der Waals surface area contributed by atoms with Crippen molar-refractivity contribution in [3.63, 3.8) is 0 Å². The van der Waals surface area contributed by atoms with Crippen LogP contribution in [-0.2, 0) is 6.54 Å². The lowest BCUT2D eigenvalue weighted by molar-refractivity contribution is 0.0633. The molecule has 1 saturated heterocycles. The van der Waals surface area contributed by atoms with Gasteiger partial charge in [-0.2, -0.15) is 5.10 Å². The first-order valence-corrected chi connectivity index (χ1v) is 12.2. The Balaban J connectivity index is 1.27. The molecule has 1 amide bonds. The van der Waals surface area contributed by atoms with E-state index in [0.717, 1.165) is 40.3 Å². The van der Waals surface area contributed by atoms with Crippen LogP contribution in [0.1, 0.15) is 20.9 Å². The molecule has 1 fully saturated rings. The van der Waals surface area contributed by atoms with Crippen LogP contribution in [0.4, 0.5) is 4.39 Å². The minimum atomic E-state index is -0.356. The molecule has 9 heteroatoms. The van der Waals surface area contributed by atoms with Gasteiger partial charge in [-0.15, -0.1) is 11.3 Å². The van der Waals surface area contributed by atoms with Crippen molar-refractivity contribution in [3.05, 3.63) is 75.5 Å². The summed E-state index contributed by atoms with van der Waals surface area (Å²) >= 11 is 7.49. The number of ether oxygens (including phenoxy) is 1. The lowest BCUT2D eigenvalue weighted by Crippen LogP contribution is -2.48. The number of hydrogen-bond acceptors (Lipinski definition) is 5. The number of nitrogens with zero attached hydrogens (tertiary/aromatic N) is 4. The predicted molar refractivity (Wildman–Crippen MR) is 133 cm³/mol. The molecule has 0 unspecified atom stereocenters. The topological polar surface area (TPSA) is 50.6 Å². The summed E-state index contributed by atoms with van der Waals surface area (Å²) in [7, 11) is 1.46. The fourth-order valence-corrected chi connectivity index (χ4v) is 5.52. The normalized spacial score (nSPS) is 14.6. The second kappa shape index (κ2) is 9.37. The van der Waals surface area contributed by atoms with Crippen LogP contribution in [0, 0.1) is 12.7 Å². The van der Waals surface area contributed by atoms with Gasteiger partial charge in [-0.1, -0.05) is 17.7 Å². The largest absolute Gasteiger partial charge is 0.494 e. The van der Waals surface area contributed by atoms with Crippen LogP contribution in [0.25, 0.3) is 15.9 Å². The molecule has 2 aromatic carbocycles. The molecule has 6 nitrogen and oxygen atoms in total. The maximum Gasteiger partial charge on any atom is 0.264 e. The van der Waals surface area contributed by atoms with E-state index in [1.807, 2.05) is 52.9 Å². The SMILES string of the molecule is COc1ccc(CN2CCN(C(=O)c3cc4c(C)nn(-c5ccc(Cl)cc5)c4s3)CC2)cc1F. The second-order valence-corrected chi connectivity index (χ2v) is 9.81. The first kappa shape index (κ1) is 22.8. The Morgan fingerprint density at radius 3 is 2.53 bits per heavy atom. The standard InChI is InChI=1S/C25H24ClFN4O2S/c1-16-20-14-23(34-25(20)31(28-16)19-6-4-18(26)5-7-19)24(32)30-11-9-29(10-12-30)15-17-3-8-22(33-2)21(27)13-17/h3-8,13-14H,9-12,15H2,1-2H3. The second-order valence-electron chi connectivity index (χ2n) is 8.34. The van der Waals surface area contributed by atoms with Crippen molar-refractivity contribution >= 4 is 39.1 Å². The number of benzene rings is 2. The summed E-state index contributed by atoms with van der Waals surface area (Å²) in [4.78, 5) is 19.0. The summed E-state index contributed by atoms with van der Waals surface area (Å²) in [6.07, 6.45) is 0. The molecular formula is C25H24ClFN4O2S. The van der Waals surface area contributed by atoms with Crippen LogP contribution < -0.4 is 4.74 Å². The third-order valence-electron chi connectivity index (χ3n) is 6.11. The average Bonchev–Trinajstić information content (AvgIpc) is 3.40. The number of methoxy groups -OCH3 is 1. The highest BCUT2D eigenvalue weighted by Gasteiger charge is 2.25. The number of piperazine rings is 1.